The molecule has 1 atom stereocenters. The van der Waals surface area contributed by atoms with Gasteiger partial charge in [-0.25, -0.2) is 0 Å². The molecule has 3 heteroatoms. The van der Waals surface area contributed by atoms with Crippen LogP contribution in [0.2, 0.25) is 0 Å². The monoisotopic (exact) mass is 153 g/mol. The molecule has 0 aliphatic rings. The Labute approximate surface area is 67.0 Å². The fourth-order valence-electron chi connectivity index (χ4n) is 0.986. The molecule has 0 aliphatic carbocycles. The molecule has 0 saturated heterocycles. The highest BCUT2D eigenvalue weighted by Gasteiger charge is 2.03. The predicted octanol–water partition coefficient (Wildman–Crippen LogP) is 0.754. The van der Waals surface area contributed by atoms with E-state index in [1.54, 1.807) is 0 Å². The third-order valence-corrected chi connectivity index (χ3v) is 1.89. The van der Waals surface area contributed by atoms with Crippen LogP contribution < -0.4 is 11.1 Å². The molecular weight excluding hydrogens is 138 g/mol. The zero-order chi connectivity index (χ0) is 8.27. The van der Waals surface area contributed by atoms with Crippen LogP contribution in [0.15, 0.2) is 12.1 Å². The maximum Gasteiger partial charge on any atom is 0.0441 e. The first-order valence-electron chi connectivity index (χ1n) is 3.83. The minimum absolute atomic E-state index is 0.371. The number of aromatic nitrogens is 1. The minimum Gasteiger partial charge on any atom is -0.360 e. The van der Waals surface area contributed by atoms with Crippen molar-refractivity contribution in [3.8, 4) is 0 Å². The van der Waals surface area contributed by atoms with Crippen LogP contribution in [0.4, 0.5) is 0 Å². The third-order valence-electron chi connectivity index (χ3n) is 1.89. The molecule has 0 aromatic carbocycles. The highest BCUT2D eigenvalue weighted by atomic mass is 14.9. The molecule has 0 aliphatic heterocycles. The Hall–Kier alpha value is -0.800. The molecule has 1 aromatic rings. The summed E-state index contributed by atoms with van der Waals surface area (Å²) in [6.45, 7) is 2.68. The second kappa shape index (κ2) is 3.55. The van der Waals surface area contributed by atoms with Crippen LogP contribution in [0, 0.1) is 0 Å². The molecule has 1 aromatic heterocycles. The van der Waals surface area contributed by atoms with Crippen LogP contribution in [0.5, 0.6) is 0 Å². The lowest BCUT2D eigenvalue weighted by molar-refractivity contribution is 0.634. The van der Waals surface area contributed by atoms with Crippen molar-refractivity contribution in [2.45, 2.75) is 19.5 Å². The summed E-state index contributed by atoms with van der Waals surface area (Å²) in [6, 6.07) is 4.45. The van der Waals surface area contributed by atoms with Gasteiger partial charge in [0.1, 0.15) is 0 Å². The van der Waals surface area contributed by atoms with Crippen molar-refractivity contribution in [3.05, 3.63) is 23.5 Å². The zero-order valence-corrected chi connectivity index (χ0v) is 7.02. The van der Waals surface area contributed by atoms with E-state index in [2.05, 4.69) is 23.3 Å². The van der Waals surface area contributed by atoms with E-state index in [0.717, 1.165) is 5.69 Å². The van der Waals surface area contributed by atoms with E-state index in [4.69, 9.17) is 5.73 Å². The van der Waals surface area contributed by atoms with Crippen molar-refractivity contribution in [2.24, 2.45) is 5.73 Å². The normalized spacial score (nSPS) is 13.4. The summed E-state index contributed by atoms with van der Waals surface area (Å²) in [7, 11) is 1.94. The average molecular weight is 153 g/mol. The number of hydrogen-bond donors (Lipinski definition) is 3. The van der Waals surface area contributed by atoms with Gasteiger partial charge in [0.2, 0.25) is 0 Å². The lowest BCUT2D eigenvalue weighted by atomic mass is 10.2. The van der Waals surface area contributed by atoms with Gasteiger partial charge in [0.25, 0.3) is 0 Å². The second-order valence-corrected chi connectivity index (χ2v) is 2.65. The SMILES string of the molecule is CNC(C)c1ccc(CN)[nH]1. The van der Waals surface area contributed by atoms with Gasteiger partial charge in [-0.3, -0.25) is 0 Å². The molecule has 0 fully saturated rings. The Balaban J connectivity index is 2.71. The zero-order valence-electron chi connectivity index (χ0n) is 7.02. The van der Waals surface area contributed by atoms with Crippen molar-refractivity contribution >= 4 is 0 Å². The van der Waals surface area contributed by atoms with Gasteiger partial charge in [0, 0.05) is 24.0 Å². The summed E-state index contributed by atoms with van der Waals surface area (Å²) >= 11 is 0. The van der Waals surface area contributed by atoms with Crippen molar-refractivity contribution in [1.82, 2.24) is 10.3 Å². The molecule has 0 spiro atoms. The Kier molecular flexibility index (Phi) is 2.68. The molecule has 0 amide bonds. The molecule has 62 valence electrons. The number of aromatic amines is 1. The van der Waals surface area contributed by atoms with Gasteiger partial charge in [-0.15, -0.1) is 0 Å². The van der Waals surface area contributed by atoms with E-state index in [0.29, 0.717) is 12.6 Å². The maximum absolute atomic E-state index is 5.45. The molecule has 1 rings (SSSR count). The van der Waals surface area contributed by atoms with Crippen LogP contribution >= 0.6 is 0 Å². The van der Waals surface area contributed by atoms with Gasteiger partial charge in [0.05, 0.1) is 0 Å². The van der Waals surface area contributed by atoms with E-state index in [-0.39, 0.29) is 0 Å². The van der Waals surface area contributed by atoms with Crippen molar-refractivity contribution < 1.29 is 0 Å². The lowest BCUT2D eigenvalue weighted by Crippen LogP contribution is -2.12. The Bertz CT molecular complexity index is 217. The maximum atomic E-state index is 5.45. The van der Waals surface area contributed by atoms with Gasteiger partial charge >= 0.3 is 0 Å². The number of nitrogens with two attached hydrogens (primary N) is 1. The molecule has 1 unspecified atom stereocenters. The summed E-state index contributed by atoms with van der Waals surface area (Å²) in [5.74, 6) is 0. The fourth-order valence-corrected chi connectivity index (χ4v) is 0.986. The van der Waals surface area contributed by atoms with E-state index in [1.807, 2.05) is 13.1 Å². The van der Waals surface area contributed by atoms with Gasteiger partial charge < -0.3 is 16.0 Å². The smallest absolute Gasteiger partial charge is 0.0441 e. The van der Waals surface area contributed by atoms with Crippen LogP contribution in [0.3, 0.4) is 0 Å². The summed E-state index contributed by atoms with van der Waals surface area (Å²) in [4.78, 5) is 3.23. The molecule has 0 saturated carbocycles. The Morgan fingerprint density at radius 2 is 2.36 bits per heavy atom. The molecule has 0 bridgehead atoms. The van der Waals surface area contributed by atoms with Gasteiger partial charge in [-0.2, -0.15) is 0 Å². The summed E-state index contributed by atoms with van der Waals surface area (Å²) < 4.78 is 0. The molecule has 3 nitrogen and oxygen atoms in total. The van der Waals surface area contributed by atoms with Crippen molar-refractivity contribution in [1.29, 1.82) is 0 Å². The number of nitrogens with one attached hydrogen (secondary N) is 2. The molecule has 0 radical (unpaired) electrons. The third kappa shape index (κ3) is 1.82. The van der Waals surface area contributed by atoms with E-state index < -0.39 is 0 Å². The first kappa shape index (κ1) is 8.30. The lowest BCUT2D eigenvalue weighted by Gasteiger charge is -2.06. The minimum atomic E-state index is 0.371. The molecular formula is C8H15N3. The van der Waals surface area contributed by atoms with E-state index >= 15 is 0 Å². The van der Waals surface area contributed by atoms with Gasteiger partial charge in [0.15, 0.2) is 0 Å². The first-order chi connectivity index (χ1) is 5.27. The number of H-pyrrole nitrogens is 1. The molecule has 4 N–H and O–H groups in total. The predicted molar refractivity (Wildman–Crippen MR) is 46.2 cm³/mol. The standard InChI is InChI=1S/C8H15N3/c1-6(10-2)8-4-3-7(5-9)11-8/h3-4,6,10-11H,5,9H2,1-2H3. The van der Waals surface area contributed by atoms with Gasteiger partial charge in [-0.1, -0.05) is 0 Å². The average Bonchev–Trinajstić information content (AvgIpc) is 2.50. The highest BCUT2D eigenvalue weighted by Crippen LogP contribution is 2.10. The largest absolute Gasteiger partial charge is 0.360 e. The summed E-state index contributed by atoms with van der Waals surface area (Å²) in [5.41, 5.74) is 7.73. The van der Waals surface area contributed by atoms with Crippen molar-refractivity contribution in [3.63, 3.8) is 0 Å². The van der Waals surface area contributed by atoms with E-state index in [9.17, 15) is 0 Å². The molecule has 11 heavy (non-hydrogen) atoms. The number of rotatable bonds is 3. The quantitative estimate of drug-likeness (QED) is 0.600. The summed E-state index contributed by atoms with van der Waals surface area (Å²) in [5, 5.41) is 3.15. The van der Waals surface area contributed by atoms with Crippen molar-refractivity contribution in [2.75, 3.05) is 7.05 Å². The van der Waals surface area contributed by atoms with Crippen LogP contribution in [-0.4, -0.2) is 12.0 Å². The fraction of sp³-hybridized carbons (Fsp3) is 0.500. The molecule has 1 heterocycles. The number of hydrogen-bond acceptors (Lipinski definition) is 2. The van der Waals surface area contributed by atoms with Crippen LogP contribution in [0.25, 0.3) is 0 Å². The van der Waals surface area contributed by atoms with Crippen LogP contribution in [-0.2, 0) is 6.54 Å². The highest BCUT2D eigenvalue weighted by molar-refractivity contribution is 5.15. The van der Waals surface area contributed by atoms with Crippen LogP contribution in [0.1, 0.15) is 24.4 Å². The first-order valence-corrected chi connectivity index (χ1v) is 3.83. The summed E-state index contributed by atoms with van der Waals surface area (Å²) in [6.07, 6.45) is 0. The second-order valence-electron chi connectivity index (χ2n) is 2.65. The van der Waals surface area contributed by atoms with Gasteiger partial charge in [-0.05, 0) is 26.1 Å². The Morgan fingerprint density at radius 3 is 2.82 bits per heavy atom. The Morgan fingerprint density at radius 1 is 1.64 bits per heavy atom. The van der Waals surface area contributed by atoms with E-state index in [1.165, 1.54) is 5.69 Å². The topological polar surface area (TPSA) is 53.8 Å².